The quantitative estimate of drug-likeness (QED) is 0.807. The summed E-state index contributed by atoms with van der Waals surface area (Å²) in [6, 6.07) is 7.73. The Morgan fingerprint density at radius 2 is 2.05 bits per heavy atom. The van der Waals surface area contributed by atoms with E-state index in [-0.39, 0.29) is 0 Å². The van der Waals surface area contributed by atoms with E-state index in [1.807, 2.05) is 24.3 Å². The highest BCUT2D eigenvalue weighted by Gasteiger charge is 2.20. The number of para-hydroxylation sites is 1. The number of β-amino-alcohol motifs (C(OH)–C–C–N with tert-alkyl or cyclic N) is 1. The lowest BCUT2D eigenvalue weighted by molar-refractivity contribution is 0.0545. The molecule has 2 rings (SSSR count). The van der Waals surface area contributed by atoms with Gasteiger partial charge in [0.15, 0.2) is 0 Å². The maximum atomic E-state index is 10.2. The summed E-state index contributed by atoms with van der Waals surface area (Å²) in [6.45, 7) is 5.92. The molecule has 1 aromatic rings. The number of hydrogen-bond donors (Lipinski definition) is 2. The largest absolute Gasteiger partial charge is 0.491 e. The van der Waals surface area contributed by atoms with Gasteiger partial charge in [-0.05, 0) is 37.9 Å². The number of rotatable bonds is 7. The average molecular weight is 292 g/mol. The number of likely N-dealkylation sites (tertiary alicyclic amines) is 1. The molecular weight excluding hydrogens is 264 g/mol. The normalized spacial score (nSPS) is 18.6. The van der Waals surface area contributed by atoms with Crippen molar-refractivity contribution in [2.75, 3.05) is 26.2 Å². The third kappa shape index (κ3) is 4.99. The molecule has 0 amide bonds. The molecule has 0 spiro atoms. The number of nitrogens with two attached hydrogens (primary N) is 1. The van der Waals surface area contributed by atoms with E-state index in [0.29, 0.717) is 19.7 Å². The number of aliphatic hydroxyl groups is 1. The highest BCUT2D eigenvalue weighted by atomic mass is 16.5. The zero-order chi connectivity index (χ0) is 15.1. The van der Waals surface area contributed by atoms with E-state index >= 15 is 0 Å². The first-order valence-corrected chi connectivity index (χ1v) is 8.04. The second-order valence-corrected chi connectivity index (χ2v) is 5.93. The van der Waals surface area contributed by atoms with E-state index in [2.05, 4.69) is 11.8 Å². The van der Waals surface area contributed by atoms with Crippen LogP contribution in [0, 0.1) is 5.92 Å². The first-order valence-electron chi connectivity index (χ1n) is 8.04. The summed E-state index contributed by atoms with van der Waals surface area (Å²) in [4.78, 5) is 2.34. The topological polar surface area (TPSA) is 58.7 Å². The van der Waals surface area contributed by atoms with Crippen molar-refractivity contribution in [2.24, 2.45) is 11.7 Å². The Morgan fingerprint density at radius 1 is 1.33 bits per heavy atom. The molecule has 4 nitrogen and oxygen atoms in total. The highest BCUT2D eigenvalue weighted by molar-refractivity contribution is 5.32. The Kier molecular flexibility index (Phi) is 6.49. The number of benzene rings is 1. The first kappa shape index (κ1) is 16.3. The molecule has 0 bridgehead atoms. The fourth-order valence-electron chi connectivity index (χ4n) is 2.93. The van der Waals surface area contributed by atoms with Crippen molar-refractivity contribution in [3.05, 3.63) is 29.8 Å². The monoisotopic (exact) mass is 292 g/mol. The third-order valence-electron chi connectivity index (χ3n) is 4.38. The van der Waals surface area contributed by atoms with Gasteiger partial charge in [-0.3, -0.25) is 0 Å². The number of ether oxygens (including phenoxy) is 1. The SMILES string of the molecule is CCC1CCN(CC(O)COc2ccccc2CN)CC1. The van der Waals surface area contributed by atoms with E-state index in [1.165, 1.54) is 19.3 Å². The fraction of sp³-hybridized carbons (Fsp3) is 0.647. The lowest BCUT2D eigenvalue weighted by Crippen LogP contribution is -2.40. The van der Waals surface area contributed by atoms with Crippen molar-refractivity contribution >= 4 is 0 Å². The Bertz CT molecular complexity index is 417. The van der Waals surface area contributed by atoms with E-state index in [9.17, 15) is 5.11 Å². The van der Waals surface area contributed by atoms with E-state index in [1.54, 1.807) is 0 Å². The molecule has 1 aliphatic rings. The van der Waals surface area contributed by atoms with Crippen molar-refractivity contribution in [3.8, 4) is 5.75 Å². The summed E-state index contributed by atoms with van der Waals surface area (Å²) < 4.78 is 5.72. The number of nitrogens with zero attached hydrogens (tertiary/aromatic N) is 1. The van der Waals surface area contributed by atoms with Crippen LogP contribution in [0.5, 0.6) is 5.75 Å². The molecule has 1 unspecified atom stereocenters. The Balaban J connectivity index is 1.73. The Labute approximate surface area is 127 Å². The van der Waals surface area contributed by atoms with Gasteiger partial charge in [-0.15, -0.1) is 0 Å². The molecule has 0 aliphatic carbocycles. The standard InChI is InChI=1S/C17H28N2O2/c1-2-14-7-9-19(10-8-14)12-16(20)13-21-17-6-4-3-5-15(17)11-18/h3-6,14,16,20H,2,7-13,18H2,1H3. The van der Waals surface area contributed by atoms with E-state index in [0.717, 1.165) is 30.3 Å². The van der Waals surface area contributed by atoms with Gasteiger partial charge < -0.3 is 20.5 Å². The van der Waals surface area contributed by atoms with Crippen molar-refractivity contribution in [3.63, 3.8) is 0 Å². The van der Waals surface area contributed by atoms with Crippen LogP contribution in [0.2, 0.25) is 0 Å². The molecule has 1 aliphatic heterocycles. The van der Waals surface area contributed by atoms with Gasteiger partial charge in [0, 0.05) is 18.7 Å². The molecule has 1 atom stereocenters. The van der Waals surface area contributed by atoms with Crippen LogP contribution in [0.1, 0.15) is 31.7 Å². The molecule has 0 saturated carbocycles. The van der Waals surface area contributed by atoms with Gasteiger partial charge in [0.25, 0.3) is 0 Å². The summed E-state index contributed by atoms with van der Waals surface area (Å²) in [5.74, 6) is 1.65. The van der Waals surface area contributed by atoms with Crippen molar-refractivity contribution in [2.45, 2.75) is 38.8 Å². The zero-order valence-electron chi connectivity index (χ0n) is 13.0. The van der Waals surface area contributed by atoms with Crippen LogP contribution in [0.3, 0.4) is 0 Å². The zero-order valence-corrected chi connectivity index (χ0v) is 13.0. The van der Waals surface area contributed by atoms with Gasteiger partial charge in [-0.2, -0.15) is 0 Å². The van der Waals surface area contributed by atoms with E-state index < -0.39 is 6.10 Å². The molecule has 1 aromatic carbocycles. The second-order valence-electron chi connectivity index (χ2n) is 5.93. The highest BCUT2D eigenvalue weighted by Crippen LogP contribution is 2.20. The van der Waals surface area contributed by atoms with Crippen LogP contribution in [-0.4, -0.2) is 42.4 Å². The number of piperidine rings is 1. The summed E-state index contributed by atoms with van der Waals surface area (Å²) in [5.41, 5.74) is 6.66. The Morgan fingerprint density at radius 3 is 2.71 bits per heavy atom. The van der Waals surface area contributed by atoms with Crippen LogP contribution in [-0.2, 0) is 6.54 Å². The molecule has 1 saturated heterocycles. The summed E-state index contributed by atoms with van der Waals surface area (Å²) in [7, 11) is 0. The minimum atomic E-state index is -0.450. The molecule has 3 N–H and O–H groups in total. The lowest BCUT2D eigenvalue weighted by Gasteiger charge is -2.32. The molecule has 1 fully saturated rings. The van der Waals surface area contributed by atoms with Gasteiger partial charge in [0.05, 0.1) is 0 Å². The molecule has 21 heavy (non-hydrogen) atoms. The van der Waals surface area contributed by atoms with Crippen molar-refractivity contribution in [1.29, 1.82) is 0 Å². The predicted octanol–water partition coefficient (Wildman–Crippen LogP) is 2.01. The summed E-state index contributed by atoms with van der Waals surface area (Å²) in [5, 5.41) is 10.2. The Hall–Kier alpha value is -1.10. The van der Waals surface area contributed by atoms with Crippen molar-refractivity contribution in [1.82, 2.24) is 4.90 Å². The molecule has 118 valence electrons. The minimum absolute atomic E-state index is 0.324. The molecular formula is C17H28N2O2. The molecule has 4 heteroatoms. The maximum absolute atomic E-state index is 10.2. The van der Waals surface area contributed by atoms with E-state index in [4.69, 9.17) is 10.5 Å². The van der Waals surface area contributed by atoms with Crippen LogP contribution in [0.25, 0.3) is 0 Å². The predicted molar refractivity (Wildman–Crippen MR) is 85.3 cm³/mol. The van der Waals surface area contributed by atoms with Crippen LogP contribution < -0.4 is 10.5 Å². The smallest absolute Gasteiger partial charge is 0.123 e. The van der Waals surface area contributed by atoms with Crippen molar-refractivity contribution < 1.29 is 9.84 Å². The molecule has 1 heterocycles. The van der Waals surface area contributed by atoms with Crippen LogP contribution in [0.15, 0.2) is 24.3 Å². The first-order chi connectivity index (χ1) is 10.2. The second kappa shape index (κ2) is 8.37. The van der Waals surface area contributed by atoms with Gasteiger partial charge in [0.2, 0.25) is 0 Å². The maximum Gasteiger partial charge on any atom is 0.123 e. The summed E-state index contributed by atoms with van der Waals surface area (Å²) in [6.07, 6.45) is 3.32. The minimum Gasteiger partial charge on any atom is -0.491 e. The lowest BCUT2D eigenvalue weighted by atomic mass is 9.94. The van der Waals surface area contributed by atoms with Gasteiger partial charge >= 0.3 is 0 Å². The van der Waals surface area contributed by atoms with Crippen LogP contribution in [0.4, 0.5) is 0 Å². The summed E-state index contributed by atoms with van der Waals surface area (Å²) >= 11 is 0. The van der Waals surface area contributed by atoms with Gasteiger partial charge in [0.1, 0.15) is 18.5 Å². The number of hydrogen-bond acceptors (Lipinski definition) is 4. The average Bonchev–Trinajstić information content (AvgIpc) is 2.54. The third-order valence-corrected chi connectivity index (χ3v) is 4.38. The van der Waals surface area contributed by atoms with Gasteiger partial charge in [-0.1, -0.05) is 31.5 Å². The number of aliphatic hydroxyl groups excluding tert-OH is 1. The molecule has 0 radical (unpaired) electrons. The fourth-order valence-corrected chi connectivity index (χ4v) is 2.93. The van der Waals surface area contributed by atoms with Crippen LogP contribution >= 0.6 is 0 Å². The molecule has 0 aromatic heterocycles. The van der Waals surface area contributed by atoms with Gasteiger partial charge in [-0.25, -0.2) is 0 Å².